The summed E-state index contributed by atoms with van der Waals surface area (Å²) >= 11 is 0. The molecule has 4 heterocycles. The van der Waals surface area contributed by atoms with E-state index in [1.807, 2.05) is 30.3 Å². The molecule has 2 fully saturated rings. The number of fused-ring (bicyclic) bond motifs is 5. The number of allylic oxidation sites excluding steroid dienone is 1. The molecule has 2 aromatic rings. The Hall–Kier alpha value is -2.64. The van der Waals surface area contributed by atoms with Gasteiger partial charge in [0.2, 0.25) is 5.91 Å². The number of carbonyl (C=O) groups excluding carboxylic acids is 2. The van der Waals surface area contributed by atoms with Gasteiger partial charge in [-0.1, -0.05) is 38.1 Å². The molecule has 2 saturated heterocycles. The minimum Gasteiger partial charge on any atom is -0.387 e. The number of aromatic nitrogens is 1. The Balaban J connectivity index is 1.69. The molecular formula is C22H25N3O4. The Kier molecular flexibility index (Phi) is 3.76. The van der Waals surface area contributed by atoms with Crippen molar-refractivity contribution in [2.75, 3.05) is 13.7 Å². The highest BCUT2D eigenvalue weighted by Gasteiger charge is 2.63. The van der Waals surface area contributed by atoms with E-state index in [1.165, 1.54) is 16.9 Å². The molecule has 3 atom stereocenters. The standard InChI is InChI=1S/C22H25N3O4/c1-21(2)9-11-24-16(12-14-13-6-4-5-7-15(13)23-18(14)21)19(27)25-10-8-17(26)22(25,29-3)20(24)28/h4-7,9,11,16-17,23,26H,8,10,12H2,1-3H3/t16-,17+,22+/m0/s1. The first-order chi connectivity index (χ1) is 13.8. The molecule has 7 nitrogen and oxygen atoms in total. The molecule has 3 aliphatic heterocycles. The Morgan fingerprint density at radius 2 is 2.00 bits per heavy atom. The zero-order valence-electron chi connectivity index (χ0n) is 16.8. The zero-order chi connectivity index (χ0) is 20.6. The van der Waals surface area contributed by atoms with Crippen molar-refractivity contribution in [3.05, 3.63) is 47.8 Å². The van der Waals surface area contributed by atoms with Gasteiger partial charge < -0.3 is 24.6 Å². The second-order valence-corrected chi connectivity index (χ2v) is 8.69. The molecule has 2 N–H and O–H groups in total. The number of aliphatic hydroxyl groups excluding tert-OH is 1. The highest BCUT2D eigenvalue weighted by Crippen LogP contribution is 2.42. The number of nitrogens with zero attached hydrogens (tertiary/aromatic N) is 2. The van der Waals surface area contributed by atoms with Crippen LogP contribution in [0, 0.1) is 0 Å². The molecule has 0 radical (unpaired) electrons. The fourth-order valence-electron chi connectivity index (χ4n) is 5.15. The third-order valence-electron chi connectivity index (χ3n) is 6.73. The van der Waals surface area contributed by atoms with Crippen molar-refractivity contribution in [3.8, 4) is 0 Å². The Morgan fingerprint density at radius 3 is 2.76 bits per heavy atom. The van der Waals surface area contributed by atoms with Gasteiger partial charge in [-0.05, 0) is 18.1 Å². The van der Waals surface area contributed by atoms with E-state index in [-0.39, 0.29) is 17.2 Å². The summed E-state index contributed by atoms with van der Waals surface area (Å²) < 4.78 is 5.52. The lowest BCUT2D eigenvalue weighted by Gasteiger charge is -2.48. The van der Waals surface area contributed by atoms with Crippen molar-refractivity contribution in [1.82, 2.24) is 14.8 Å². The van der Waals surface area contributed by atoms with Gasteiger partial charge in [0, 0.05) is 48.3 Å². The van der Waals surface area contributed by atoms with Crippen LogP contribution in [0.3, 0.4) is 0 Å². The number of methoxy groups -OCH3 is 1. The van der Waals surface area contributed by atoms with Crippen molar-refractivity contribution >= 4 is 22.7 Å². The van der Waals surface area contributed by atoms with E-state index < -0.39 is 17.9 Å². The number of H-pyrrole nitrogens is 1. The van der Waals surface area contributed by atoms with Crippen molar-refractivity contribution in [2.45, 2.75) is 50.0 Å². The maximum Gasteiger partial charge on any atom is 0.283 e. The molecule has 5 rings (SSSR count). The molecule has 2 amide bonds. The average molecular weight is 395 g/mol. The first-order valence-electron chi connectivity index (χ1n) is 9.98. The van der Waals surface area contributed by atoms with Crippen LogP contribution in [-0.4, -0.2) is 63.2 Å². The quantitative estimate of drug-likeness (QED) is 0.769. The number of para-hydroxylation sites is 1. The number of ether oxygens (including phenoxy) is 1. The van der Waals surface area contributed by atoms with Gasteiger partial charge in [0.25, 0.3) is 11.6 Å². The van der Waals surface area contributed by atoms with E-state index >= 15 is 0 Å². The van der Waals surface area contributed by atoms with Gasteiger partial charge >= 0.3 is 0 Å². The van der Waals surface area contributed by atoms with Crippen molar-refractivity contribution in [3.63, 3.8) is 0 Å². The largest absolute Gasteiger partial charge is 0.387 e. The number of carbonyl (C=O) groups is 2. The number of benzene rings is 1. The molecule has 29 heavy (non-hydrogen) atoms. The SMILES string of the molecule is CO[C@]12C(=O)N3C=CC(C)(C)c4[nH]c5ccccc5c4C[C@H]3C(=O)N1CC[C@H]2O. The van der Waals surface area contributed by atoms with E-state index in [4.69, 9.17) is 4.74 Å². The summed E-state index contributed by atoms with van der Waals surface area (Å²) in [4.78, 5) is 33.4. The van der Waals surface area contributed by atoms with Crippen LogP contribution in [-0.2, 0) is 26.2 Å². The second-order valence-electron chi connectivity index (χ2n) is 8.69. The summed E-state index contributed by atoms with van der Waals surface area (Å²) in [5.41, 5.74) is 1.12. The minimum absolute atomic E-state index is 0.191. The summed E-state index contributed by atoms with van der Waals surface area (Å²) in [6.07, 6.45) is 3.32. The van der Waals surface area contributed by atoms with E-state index in [2.05, 4.69) is 18.8 Å². The smallest absolute Gasteiger partial charge is 0.283 e. The molecule has 1 aromatic carbocycles. The molecule has 0 aliphatic carbocycles. The third kappa shape index (κ3) is 2.25. The highest BCUT2D eigenvalue weighted by molar-refractivity contribution is 6.01. The fraction of sp³-hybridized carbons (Fsp3) is 0.455. The molecule has 0 unspecified atom stereocenters. The second kappa shape index (κ2) is 5.93. The van der Waals surface area contributed by atoms with Crippen LogP contribution in [0.2, 0.25) is 0 Å². The topological polar surface area (TPSA) is 85.9 Å². The predicted molar refractivity (Wildman–Crippen MR) is 107 cm³/mol. The molecular weight excluding hydrogens is 370 g/mol. The van der Waals surface area contributed by atoms with Crippen molar-refractivity contribution in [1.29, 1.82) is 0 Å². The van der Waals surface area contributed by atoms with Gasteiger partial charge in [-0.3, -0.25) is 9.59 Å². The van der Waals surface area contributed by atoms with E-state index in [9.17, 15) is 14.7 Å². The lowest BCUT2D eigenvalue weighted by Crippen LogP contribution is -2.72. The van der Waals surface area contributed by atoms with Crippen molar-refractivity contribution < 1.29 is 19.4 Å². The van der Waals surface area contributed by atoms with Crippen LogP contribution >= 0.6 is 0 Å². The van der Waals surface area contributed by atoms with Gasteiger partial charge in [0.1, 0.15) is 12.1 Å². The lowest BCUT2D eigenvalue weighted by atomic mass is 9.82. The van der Waals surface area contributed by atoms with E-state index in [0.717, 1.165) is 22.2 Å². The number of rotatable bonds is 1. The predicted octanol–water partition coefficient (Wildman–Crippen LogP) is 1.66. The first-order valence-corrected chi connectivity index (χ1v) is 9.98. The number of nitrogens with one attached hydrogen (secondary N) is 1. The summed E-state index contributed by atoms with van der Waals surface area (Å²) in [5, 5.41) is 11.6. The van der Waals surface area contributed by atoms with Crippen LogP contribution in [0.15, 0.2) is 36.5 Å². The summed E-state index contributed by atoms with van der Waals surface area (Å²) in [5.74, 6) is -0.575. The van der Waals surface area contributed by atoms with Crippen LogP contribution in [0.25, 0.3) is 10.9 Å². The Labute approximate surface area is 168 Å². The van der Waals surface area contributed by atoms with Gasteiger partial charge in [-0.25, -0.2) is 0 Å². The molecule has 0 saturated carbocycles. The van der Waals surface area contributed by atoms with Crippen LogP contribution in [0.4, 0.5) is 0 Å². The molecule has 3 aliphatic rings. The number of amides is 2. The Morgan fingerprint density at radius 1 is 1.24 bits per heavy atom. The van der Waals surface area contributed by atoms with Crippen LogP contribution < -0.4 is 0 Å². The molecule has 0 bridgehead atoms. The zero-order valence-corrected chi connectivity index (χ0v) is 16.8. The summed E-state index contributed by atoms with van der Waals surface area (Å²) in [7, 11) is 1.38. The normalized spacial score (nSPS) is 30.8. The summed E-state index contributed by atoms with van der Waals surface area (Å²) in [6.45, 7) is 4.47. The first kappa shape index (κ1) is 18.4. The maximum absolute atomic E-state index is 13.5. The van der Waals surface area contributed by atoms with E-state index in [1.54, 1.807) is 6.20 Å². The third-order valence-corrected chi connectivity index (χ3v) is 6.73. The molecule has 152 valence electrons. The van der Waals surface area contributed by atoms with Gasteiger partial charge in [-0.2, -0.15) is 0 Å². The van der Waals surface area contributed by atoms with Crippen molar-refractivity contribution in [2.24, 2.45) is 0 Å². The van der Waals surface area contributed by atoms with Gasteiger partial charge in [0.05, 0.1) is 0 Å². The number of hydrogen-bond acceptors (Lipinski definition) is 4. The average Bonchev–Trinajstić information content (AvgIpc) is 3.24. The molecule has 7 heteroatoms. The lowest BCUT2D eigenvalue weighted by molar-refractivity contribution is -0.210. The fourth-order valence-corrected chi connectivity index (χ4v) is 5.15. The number of hydrogen-bond donors (Lipinski definition) is 2. The number of aromatic amines is 1. The number of piperazine rings is 1. The van der Waals surface area contributed by atoms with E-state index in [0.29, 0.717) is 19.4 Å². The van der Waals surface area contributed by atoms with Crippen LogP contribution in [0.1, 0.15) is 31.5 Å². The highest BCUT2D eigenvalue weighted by atomic mass is 16.5. The van der Waals surface area contributed by atoms with Gasteiger partial charge in [0.15, 0.2) is 0 Å². The maximum atomic E-state index is 13.5. The van der Waals surface area contributed by atoms with Crippen LogP contribution in [0.5, 0.6) is 0 Å². The molecule has 0 spiro atoms. The number of aliphatic hydroxyl groups is 1. The molecule has 1 aromatic heterocycles. The summed E-state index contributed by atoms with van der Waals surface area (Å²) in [6, 6.07) is 7.37. The monoisotopic (exact) mass is 395 g/mol. The van der Waals surface area contributed by atoms with Gasteiger partial charge in [-0.15, -0.1) is 0 Å². The Bertz CT molecular complexity index is 1060. The minimum atomic E-state index is -1.63.